The lowest BCUT2D eigenvalue weighted by Crippen LogP contribution is -2.05. The van der Waals surface area contributed by atoms with Gasteiger partial charge in [-0.25, -0.2) is 0 Å². The fraction of sp³-hybridized carbons (Fsp3) is 0.400. The number of anilines is 1. The molecule has 0 atom stereocenters. The van der Waals surface area contributed by atoms with Gasteiger partial charge in [0.25, 0.3) is 0 Å². The summed E-state index contributed by atoms with van der Waals surface area (Å²) in [5, 5.41) is 16.3. The highest BCUT2D eigenvalue weighted by atomic mass is 16.5. The molecule has 2 aromatic rings. The molecule has 5 heteroatoms. The number of hydrogen-bond acceptors (Lipinski definition) is 4. The number of nitrogens with one attached hydrogen (secondary N) is 1. The maximum absolute atomic E-state index is 8.83. The van der Waals surface area contributed by atoms with Gasteiger partial charge in [-0.15, -0.1) is 0 Å². The second-order valence-electron chi connectivity index (χ2n) is 4.88. The Bertz CT molecular complexity index is 520. The van der Waals surface area contributed by atoms with Crippen molar-refractivity contribution < 1.29 is 9.84 Å². The van der Waals surface area contributed by atoms with Crippen molar-refractivity contribution in [3.63, 3.8) is 0 Å². The second kappa shape index (κ2) is 6.96. The van der Waals surface area contributed by atoms with E-state index in [1.54, 1.807) is 10.9 Å². The number of nitrogens with zero attached hydrogens (tertiary/aromatic N) is 2. The molecule has 1 aromatic carbocycles. The van der Waals surface area contributed by atoms with Crippen LogP contribution in [0.25, 0.3) is 0 Å². The topological polar surface area (TPSA) is 59.3 Å². The first-order valence-electron chi connectivity index (χ1n) is 6.80. The minimum absolute atomic E-state index is 0.0957. The average molecular weight is 275 g/mol. The standard InChI is InChI=1S/C15H21N3O2/c1-12(2)20-15-5-3-13(4-6-15)9-16-14-10-17-18(11-14)7-8-19/h3-6,10-12,16,19H,7-9H2,1-2H3. The first-order chi connectivity index (χ1) is 9.67. The van der Waals surface area contributed by atoms with E-state index in [1.807, 2.05) is 44.3 Å². The van der Waals surface area contributed by atoms with Crippen molar-refractivity contribution in [3.8, 4) is 5.75 Å². The van der Waals surface area contributed by atoms with Gasteiger partial charge in [0, 0.05) is 12.7 Å². The van der Waals surface area contributed by atoms with E-state index in [9.17, 15) is 0 Å². The summed E-state index contributed by atoms with van der Waals surface area (Å²) in [6, 6.07) is 8.05. The third-order valence-electron chi connectivity index (χ3n) is 2.75. The Kier molecular flexibility index (Phi) is 5.01. The first kappa shape index (κ1) is 14.4. The summed E-state index contributed by atoms with van der Waals surface area (Å²) >= 11 is 0. The van der Waals surface area contributed by atoms with Crippen molar-refractivity contribution in [3.05, 3.63) is 42.2 Å². The molecular weight excluding hydrogens is 254 g/mol. The number of aromatic nitrogens is 2. The maximum Gasteiger partial charge on any atom is 0.119 e. The molecule has 0 amide bonds. The zero-order valence-corrected chi connectivity index (χ0v) is 11.9. The molecule has 108 valence electrons. The van der Waals surface area contributed by atoms with Crippen molar-refractivity contribution in [1.29, 1.82) is 0 Å². The molecule has 0 fully saturated rings. The molecule has 1 heterocycles. The highest BCUT2D eigenvalue weighted by molar-refractivity contribution is 5.39. The Hall–Kier alpha value is -2.01. The van der Waals surface area contributed by atoms with E-state index >= 15 is 0 Å². The van der Waals surface area contributed by atoms with Crippen molar-refractivity contribution in [2.75, 3.05) is 11.9 Å². The Balaban J connectivity index is 1.86. The van der Waals surface area contributed by atoms with E-state index in [0.29, 0.717) is 6.54 Å². The summed E-state index contributed by atoms with van der Waals surface area (Å²) in [7, 11) is 0. The number of benzene rings is 1. The summed E-state index contributed by atoms with van der Waals surface area (Å²) in [4.78, 5) is 0. The van der Waals surface area contributed by atoms with Gasteiger partial charge in [-0.1, -0.05) is 12.1 Å². The molecule has 0 spiro atoms. The van der Waals surface area contributed by atoms with Gasteiger partial charge in [-0.3, -0.25) is 4.68 Å². The Morgan fingerprint density at radius 3 is 2.70 bits per heavy atom. The summed E-state index contributed by atoms with van der Waals surface area (Å²) < 4.78 is 7.31. The fourth-order valence-corrected chi connectivity index (χ4v) is 1.84. The molecule has 0 radical (unpaired) electrons. The molecule has 5 nitrogen and oxygen atoms in total. The van der Waals surface area contributed by atoms with Crippen LogP contribution in [-0.2, 0) is 13.1 Å². The van der Waals surface area contributed by atoms with Crippen LogP contribution in [0.3, 0.4) is 0 Å². The van der Waals surface area contributed by atoms with Crippen LogP contribution in [0.2, 0.25) is 0 Å². The van der Waals surface area contributed by atoms with Gasteiger partial charge < -0.3 is 15.2 Å². The van der Waals surface area contributed by atoms with E-state index in [4.69, 9.17) is 9.84 Å². The Morgan fingerprint density at radius 2 is 2.05 bits per heavy atom. The summed E-state index contributed by atoms with van der Waals surface area (Å²) in [6.07, 6.45) is 3.83. The van der Waals surface area contributed by atoms with Crippen LogP contribution in [-0.4, -0.2) is 27.6 Å². The number of aliphatic hydroxyl groups excluding tert-OH is 1. The van der Waals surface area contributed by atoms with E-state index in [-0.39, 0.29) is 12.7 Å². The van der Waals surface area contributed by atoms with Crippen molar-refractivity contribution in [1.82, 2.24) is 9.78 Å². The summed E-state index contributed by atoms with van der Waals surface area (Å²) in [6.45, 7) is 5.37. The quantitative estimate of drug-likeness (QED) is 0.814. The van der Waals surface area contributed by atoms with Crippen LogP contribution in [0.1, 0.15) is 19.4 Å². The van der Waals surface area contributed by atoms with Gasteiger partial charge in [-0.2, -0.15) is 5.10 Å². The second-order valence-corrected chi connectivity index (χ2v) is 4.88. The Morgan fingerprint density at radius 1 is 1.30 bits per heavy atom. The number of rotatable bonds is 7. The van der Waals surface area contributed by atoms with Gasteiger partial charge in [0.15, 0.2) is 0 Å². The number of ether oxygens (including phenoxy) is 1. The van der Waals surface area contributed by atoms with Gasteiger partial charge >= 0.3 is 0 Å². The molecule has 1 aromatic heterocycles. The largest absolute Gasteiger partial charge is 0.491 e. The minimum Gasteiger partial charge on any atom is -0.491 e. The van der Waals surface area contributed by atoms with E-state index in [0.717, 1.165) is 18.0 Å². The van der Waals surface area contributed by atoms with E-state index in [1.165, 1.54) is 5.56 Å². The molecule has 0 saturated heterocycles. The lowest BCUT2D eigenvalue weighted by atomic mass is 10.2. The van der Waals surface area contributed by atoms with Crippen LogP contribution >= 0.6 is 0 Å². The molecule has 0 aliphatic rings. The molecule has 2 rings (SSSR count). The number of hydrogen-bond donors (Lipinski definition) is 2. The van der Waals surface area contributed by atoms with Crippen LogP contribution in [0.5, 0.6) is 5.75 Å². The highest BCUT2D eigenvalue weighted by Crippen LogP contribution is 2.15. The third-order valence-corrected chi connectivity index (χ3v) is 2.75. The average Bonchev–Trinajstić information content (AvgIpc) is 2.86. The molecule has 0 bridgehead atoms. The monoisotopic (exact) mass is 275 g/mol. The van der Waals surface area contributed by atoms with Crippen LogP contribution in [0, 0.1) is 0 Å². The van der Waals surface area contributed by atoms with Crippen LogP contribution in [0.4, 0.5) is 5.69 Å². The Labute approximate surface area is 119 Å². The van der Waals surface area contributed by atoms with Gasteiger partial charge in [0.1, 0.15) is 5.75 Å². The summed E-state index contributed by atoms with van der Waals surface area (Å²) in [5.41, 5.74) is 2.12. The zero-order chi connectivity index (χ0) is 14.4. The molecule has 0 unspecified atom stereocenters. The predicted octanol–water partition coefficient (Wildman–Crippen LogP) is 2.27. The third kappa shape index (κ3) is 4.28. The van der Waals surface area contributed by atoms with Crippen LogP contribution < -0.4 is 10.1 Å². The first-order valence-corrected chi connectivity index (χ1v) is 6.80. The fourth-order valence-electron chi connectivity index (χ4n) is 1.84. The lowest BCUT2D eigenvalue weighted by Gasteiger charge is -2.10. The minimum atomic E-state index is 0.0957. The lowest BCUT2D eigenvalue weighted by molar-refractivity contribution is 0.242. The van der Waals surface area contributed by atoms with E-state index in [2.05, 4.69) is 10.4 Å². The molecule has 0 aliphatic heterocycles. The smallest absolute Gasteiger partial charge is 0.119 e. The molecule has 20 heavy (non-hydrogen) atoms. The predicted molar refractivity (Wildman–Crippen MR) is 78.8 cm³/mol. The van der Waals surface area contributed by atoms with Gasteiger partial charge in [-0.05, 0) is 31.5 Å². The normalized spacial score (nSPS) is 10.8. The number of aliphatic hydroxyl groups is 1. The molecule has 0 aliphatic carbocycles. The van der Waals surface area contributed by atoms with Crippen molar-refractivity contribution in [2.24, 2.45) is 0 Å². The van der Waals surface area contributed by atoms with Gasteiger partial charge in [0.05, 0.1) is 31.1 Å². The van der Waals surface area contributed by atoms with Crippen LogP contribution in [0.15, 0.2) is 36.7 Å². The molecule has 2 N–H and O–H groups in total. The molecular formula is C15H21N3O2. The van der Waals surface area contributed by atoms with E-state index < -0.39 is 0 Å². The highest BCUT2D eigenvalue weighted by Gasteiger charge is 2.00. The zero-order valence-electron chi connectivity index (χ0n) is 11.9. The SMILES string of the molecule is CC(C)Oc1ccc(CNc2cnn(CCO)c2)cc1. The summed E-state index contributed by atoms with van der Waals surface area (Å²) in [5.74, 6) is 0.888. The van der Waals surface area contributed by atoms with Gasteiger partial charge in [0.2, 0.25) is 0 Å². The van der Waals surface area contributed by atoms with Crippen molar-refractivity contribution in [2.45, 2.75) is 33.0 Å². The maximum atomic E-state index is 8.83. The molecule has 0 saturated carbocycles. The van der Waals surface area contributed by atoms with Crippen molar-refractivity contribution >= 4 is 5.69 Å².